The van der Waals surface area contributed by atoms with E-state index >= 15 is 0 Å². The van der Waals surface area contributed by atoms with Gasteiger partial charge in [-0.15, -0.1) is 0 Å². The zero-order valence-electron chi connectivity index (χ0n) is 16.3. The van der Waals surface area contributed by atoms with Crippen molar-refractivity contribution in [3.05, 3.63) is 97.0 Å². The molecule has 0 radical (unpaired) electrons. The molecule has 4 aromatic carbocycles. The third kappa shape index (κ3) is 3.49. The molecule has 3 heteroatoms. The van der Waals surface area contributed by atoms with Crippen molar-refractivity contribution in [3.8, 4) is 0 Å². The third-order valence-corrected chi connectivity index (χ3v) is 8.67. The first kappa shape index (κ1) is 15.1. The van der Waals surface area contributed by atoms with Crippen LogP contribution in [0.25, 0.3) is 19.3 Å². The summed E-state index contributed by atoms with van der Waals surface area (Å²) in [6.07, 6.45) is 0. The second-order valence-electron chi connectivity index (χ2n) is 6.02. The van der Waals surface area contributed by atoms with Gasteiger partial charge in [-0.2, -0.15) is 0 Å². The van der Waals surface area contributed by atoms with Gasteiger partial charge in [0.05, 0.1) is 0 Å². The van der Waals surface area contributed by atoms with Gasteiger partial charge in [0.25, 0.3) is 0 Å². The van der Waals surface area contributed by atoms with E-state index < -0.39 is 0 Å². The van der Waals surface area contributed by atoms with Crippen molar-refractivity contribution in [1.29, 1.82) is 0 Å². The Hall–Kier alpha value is -1.90. The monoisotopic (exact) mass is 450 g/mol. The molecule has 0 nitrogen and oxygen atoms in total. The Balaban J connectivity index is 1.70. The summed E-state index contributed by atoms with van der Waals surface area (Å²) in [4.78, 5) is 4.36. The molecule has 0 bridgehead atoms. The van der Waals surface area contributed by atoms with E-state index in [1.165, 1.54) is 29.1 Å². The average molecular weight is 449 g/mol. The van der Waals surface area contributed by atoms with Crippen molar-refractivity contribution in [2.45, 2.75) is 19.6 Å². The van der Waals surface area contributed by atoms with Crippen LogP contribution < -0.4 is 0 Å². The first-order valence-corrected chi connectivity index (χ1v) is 12.0. The molecular weight excluding hydrogens is 431 g/mol. The summed E-state index contributed by atoms with van der Waals surface area (Å²) in [5.41, 5.74) is 0. The van der Waals surface area contributed by atoms with Gasteiger partial charge in [-0.3, -0.25) is 0 Å². The van der Waals surface area contributed by atoms with E-state index in [0.29, 0.717) is 12.1 Å². The summed E-state index contributed by atoms with van der Waals surface area (Å²) >= 11 is 3.63. The fourth-order valence-corrected chi connectivity index (χ4v) is 7.76. The van der Waals surface area contributed by atoms with E-state index in [0.717, 1.165) is 9.79 Å². The molecule has 0 aliphatic rings. The number of hydrogen-bond donors (Lipinski definition) is 0. The Morgan fingerprint density at radius 3 is 1.56 bits per heavy atom. The molecule has 0 fully saturated rings. The maximum atomic E-state index is 8.23. The molecule has 0 aliphatic heterocycles. The van der Waals surface area contributed by atoms with Crippen molar-refractivity contribution in [3.63, 3.8) is 0 Å². The summed E-state index contributed by atoms with van der Waals surface area (Å²) in [6, 6.07) is 29.7. The van der Waals surface area contributed by atoms with Gasteiger partial charge in [-0.05, 0) is 0 Å². The van der Waals surface area contributed by atoms with Gasteiger partial charge in [-0.25, -0.2) is 0 Å². The molecule has 5 aromatic rings. The molecule has 130 valence electrons. The maximum absolute atomic E-state index is 8.23. The zero-order chi connectivity index (χ0) is 19.8. The van der Waals surface area contributed by atoms with Crippen molar-refractivity contribution in [1.82, 2.24) is 0 Å². The molecule has 27 heavy (non-hydrogen) atoms. The van der Waals surface area contributed by atoms with Crippen LogP contribution in [0.3, 0.4) is 0 Å². The SMILES string of the molecule is [2H]c1ccccc1Sc1cccc2[se]c3cccc(Sc4ccccc4[2H])c3c12. The van der Waals surface area contributed by atoms with Crippen molar-refractivity contribution in [2.24, 2.45) is 0 Å². The molecule has 0 saturated carbocycles. The van der Waals surface area contributed by atoms with Crippen molar-refractivity contribution < 1.29 is 2.74 Å². The number of benzene rings is 4. The minimum absolute atomic E-state index is 0.277. The number of fused-ring (bicyclic) bond motifs is 3. The van der Waals surface area contributed by atoms with Crippen LogP contribution in [-0.4, -0.2) is 14.5 Å². The van der Waals surface area contributed by atoms with E-state index in [1.54, 1.807) is 23.5 Å². The van der Waals surface area contributed by atoms with Crippen LogP contribution in [-0.2, 0) is 0 Å². The van der Waals surface area contributed by atoms with Gasteiger partial charge in [-0.1, -0.05) is 0 Å². The Labute approximate surface area is 176 Å². The Morgan fingerprint density at radius 2 is 1.07 bits per heavy atom. The van der Waals surface area contributed by atoms with Crippen LogP contribution in [0.15, 0.2) is 117 Å². The summed E-state index contributed by atoms with van der Waals surface area (Å²) < 4.78 is 19.3. The molecule has 1 aromatic heterocycles. The molecule has 0 aliphatic carbocycles. The first-order valence-electron chi connectivity index (χ1n) is 9.62. The van der Waals surface area contributed by atoms with E-state index in [2.05, 4.69) is 36.4 Å². The van der Waals surface area contributed by atoms with Crippen molar-refractivity contribution in [2.75, 3.05) is 0 Å². The van der Waals surface area contributed by atoms with Crippen LogP contribution in [0.2, 0.25) is 0 Å². The molecule has 0 amide bonds. The molecule has 0 atom stereocenters. The van der Waals surface area contributed by atoms with Crippen LogP contribution in [0.5, 0.6) is 0 Å². The van der Waals surface area contributed by atoms with Crippen LogP contribution in [0.1, 0.15) is 2.74 Å². The normalized spacial score (nSPS) is 12.3. The van der Waals surface area contributed by atoms with E-state index in [9.17, 15) is 0 Å². The Bertz CT molecular complexity index is 1240. The fraction of sp³-hybridized carbons (Fsp3) is 0. The molecule has 0 unspecified atom stereocenters. The van der Waals surface area contributed by atoms with E-state index in [-0.39, 0.29) is 14.5 Å². The number of rotatable bonds is 4. The summed E-state index contributed by atoms with van der Waals surface area (Å²) in [5, 5.41) is 2.61. The van der Waals surface area contributed by atoms with Gasteiger partial charge < -0.3 is 0 Å². The fourth-order valence-electron chi connectivity index (χ4n) is 3.09. The summed E-state index contributed by atoms with van der Waals surface area (Å²) in [5.74, 6) is 0. The first-order chi connectivity index (χ1) is 14.2. The van der Waals surface area contributed by atoms with Crippen LogP contribution in [0.4, 0.5) is 0 Å². The van der Waals surface area contributed by atoms with E-state index in [1.807, 2.05) is 48.5 Å². The second kappa shape index (κ2) is 7.61. The predicted molar refractivity (Wildman–Crippen MR) is 120 cm³/mol. The van der Waals surface area contributed by atoms with Crippen molar-refractivity contribution >= 4 is 57.3 Å². The molecule has 5 rings (SSSR count). The predicted octanol–water partition coefficient (Wildman–Crippen LogP) is 7.35. The molecule has 1 heterocycles. The van der Waals surface area contributed by atoms with Crippen LogP contribution >= 0.6 is 23.5 Å². The van der Waals surface area contributed by atoms with Gasteiger partial charge in [0.15, 0.2) is 0 Å². The topological polar surface area (TPSA) is 0 Å². The van der Waals surface area contributed by atoms with Gasteiger partial charge in [0.2, 0.25) is 0 Å². The Kier molecular flexibility index (Phi) is 4.25. The average Bonchev–Trinajstić information content (AvgIpc) is 3.12. The quantitative estimate of drug-likeness (QED) is 0.263. The third-order valence-electron chi connectivity index (χ3n) is 4.25. The van der Waals surface area contributed by atoms with Gasteiger partial charge >= 0.3 is 177 Å². The zero-order valence-corrected chi connectivity index (χ0v) is 17.7. The summed E-state index contributed by atoms with van der Waals surface area (Å²) in [7, 11) is 0. The van der Waals surface area contributed by atoms with Gasteiger partial charge in [0.1, 0.15) is 0 Å². The van der Waals surface area contributed by atoms with Crippen LogP contribution in [0, 0.1) is 0 Å². The second-order valence-corrected chi connectivity index (χ2v) is 10.5. The van der Waals surface area contributed by atoms with E-state index in [4.69, 9.17) is 2.74 Å². The molecule has 0 spiro atoms. The molecular formula is C24H16S2Se. The Morgan fingerprint density at radius 1 is 0.556 bits per heavy atom. The molecule has 0 N–H and O–H groups in total. The molecule has 0 saturated heterocycles. The number of hydrogen-bond acceptors (Lipinski definition) is 2. The minimum atomic E-state index is 0.277. The van der Waals surface area contributed by atoms with Gasteiger partial charge in [0, 0.05) is 0 Å². The standard InChI is InChI=1S/C24H16S2Se/c1-3-9-17(10-4-1)25-19-13-7-15-21-23(19)24-20(14-8-16-22(24)27-21)26-18-11-5-2-6-12-18/h1-16H/i9D,11D. The summed E-state index contributed by atoms with van der Waals surface area (Å²) in [6.45, 7) is 0.